The molecule has 0 N–H and O–H groups in total. The molecule has 0 fully saturated rings. The van der Waals surface area contributed by atoms with Gasteiger partial charge in [-0.15, -0.1) is 0 Å². The Morgan fingerprint density at radius 3 is 2.07 bits per heavy atom. The Balaban J connectivity index is 3.93. The molecule has 0 bridgehead atoms. The molecular weight excluding hydrogens is 303 g/mol. The zero-order chi connectivity index (χ0) is 12.1. The molecule has 15 heavy (non-hydrogen) atoms. The van der Waals surface area contributed by atoms with Gasteiger partial charge in [0, 0.05) is 5.41 Å². The van der Waals surface area contributed by atoms with Gasteiger partial charge >= 0.3 is 0 Å². The average molecular weight is 328 g/mol. The van der Waals surface area contributed by atoms with Crippen LogP contribution in [-0.4, -0.2) is 22.9 Å². The van der Waals surface area contributed by atoms with Gasteiger partial charge in [-0.3, -0.25) is 0 Å². The first-order valence-corrected chi connectivity index (χ1v) is 6.83. The quantitative estimate of drug-likeness (QED) is 0.519. The summed E-state index contributed by atoms with van der Waals surface area (Å²) in [6, 6.07) is 0. The monoisotopic (exact) mass is 328 g/mol. The van der Waals surface area contributed by atoms with E-state index in [2.05, 4.69) is 57.2 Å². The van der Waals surface area contributed by atoms with E-state index in [0.29, 0.717) is 0 Å². The van der Waals surface area contributed by atoms with Gasteiger partial charge in [0.1, 0.15) is 4.11 Å². The third-order valence-corrected chi connectivity index (χ3v) is 2.77. The van der Waals surface area contributed by atoms with Gasteiger partial charge in [0.2, 0.25) is 0 Å². The highest BCUT2D eigenvalue weighted by Gasteiger charge is 2.24. The molecule has 92 valence electrons. The number of halogens is 1. The predicted octanol–water partition coefficient (Wildman–Crippen LogP) is 4.02. The Kier molecular flexibility index (Phi) is 6.68. The summed E-state index contributed by atoms with van der Waals surface area (Å²) >= 11 is 2.27. The van der Waals surface area contributed by atoms with Crippen molar-refractivity contribution in [1.29, 1.82) is 0 Å². The lowest BCUT2D eigenvalue weighted by Crippen LogP contribution is -2.33. The number of hydrogen-bond donors (Lipinski definition) is 0. The van der Waals surface area contributed by atoms with Crippen LogP contribution in [0.2, 0.25) is 0 Å². The van der Waals surface area contributed by atoms with Crippen molar-refractivity contribution in [2.75, 3.05) is 13.2 Å². The molecule has 1 atom stereocenters. The van der Waals surface area contributed by atoms with Gasteiger partial charge in [0.25, 0.3) is 0 Å². The van der Waals surface area contributed by atoms with Crippen LogP contribution in [-0.2, 0) is 9.47 Å². The molecule has 1 unspecified atom stereocenters. The maximum atomic E-state index is 5.89. The van der Waals surface area contributed by atoms with Gasteiger partial charge < -0.3 is 9.47 Å². The standard InChI is InChI=1S/C12H25IO2/c1-7-12(5,6)15-9-11(3,4)8-14-10(2)13/h10H,7-9H2,1-6H3. The predicted molar refractivity (Wildman–Crippen MR) is 73.5 cm³/mol. The molecule has 0 aromatic heterocycles. The average Bonchev–Trinajstić information content (AvgIpc) is 2.13. The lowest BCUT2D eigenvalue weighted by Gasteiger charge is -2.31. The lowest BCUT2D eigenvalue weighted by atomic mass is 9.95. The molecule has 0 aliphatic carbocycles. The van der Waals surface area contributed by atoms with Crippen molar-refractivity contribution in [3.63, 3.8) is 0 Å². The molecule has 0 rings (SSSR count). The zero-order valence-electron chi connectivity index (χ0n) is 10.9. The topological polar surface area (TPSA) is 18.5 Å². The van der Waals surface area contributed by atoms with Crippen LogP contribution in [0, 0.1) is 5.41 Å². The van der Waals surface area contributed by atoms with Gasteiger partial charge in [-0.05, 0) is 27.2 Å². The number of alkyl halides is 1. The second-order valence-electron chi connectivity index (χ2n) is 5.42. The molecule has 0 amide bonds. The van der Waals surface area contributed by atoms with Crippen molar-refractivity contribution in [3.8, 4) is 0 Å². The SMILES string of the molecule is CCC(C)(C)OCC(C)(C)COC(C)I. The second-order valence-corrected chi connectivity index (χ2v) is 7.17. The van der Waals surface area contributed by atoms with Gasteiger partial charge in [-0.1, -0.05) is 43.4 Å². The van der Waals surface area contributed by atoms with E-state index in [4.69, 9.17) is 9.47 Å². The number of rotatable bonds is 7. The van der Waals surface area contributed by atoms with Crippen molar-refractivity contribution >= 4 is 22.6 Å². The van der Waals surface area contributed by atoms with Crippen LogP contribution in [0.3, 0.4) is 0 Å². The van der Waals surface area contributed by atoms with E-state index in [1.54, 1.807) is 0 Å². The van der Waals surface area contributed by atoms with Crippen LogP contribution in [0.4, 0.5) is 0 Å². The van der Waals surface area contributed by atoms with Crippen LogP contribution in [0.15, 0.2) is 0 Å². The third-order valence-electron chi connectivity index (χ3n) is 2.41. The highest BCUT2D eigenvalue weighted by Crippen LogP contribution is 2.23. The molecule has 0 saturated carbocycles. The fourth-order valence-electron chi connectivity index (χ4n) is 0.875. The Morgan fingerprint density at radius 1 is 1.13 bits per heavy atom. The summed E-state index contributed by atoms with van der Waals surface area (Å²) in [6.07, 6.45) is 1.03. The Labute approximate surface area is 108 Å². The highest BCUT2D eigenvalue weighted by atomic mass is 127. The first kappa shape index (κ1) is 15.7. The first-order valence-electron chi connectivity index (χ1n) is 5.58. The van der Waals surface area contributed by atoms with Crippen LogP contribution < -0.4 is 0 Å². The molecule has 0 radical (unpaired) electrons. The molecule has 3 heteroatoms. The van der Waals surface area contributed by atoms with Crippen molar-refractivity contribution in [1.82, 2.24) is 0 Å². The summed E-state index contributed by atoms with van der Waals surface area (Å²) in [4.78, 5) is 0. The Morgan fingerprint density at radius 2 is 1.67 bits per heavy atom. The summed E-state index contributed by atoms with van der Waals surface area (Å²) in [5, 5.41) is 0. The summed E-state index contributed by atoms with van der Waals surface area (Å²) in [6.45, 7) is 14.3. The molecule has 0 aromatic rings. The summed E-state index contributed by atoms with van der Waals surface area (Å²) in [5.41, 5.74) is 0.0685. The summed E-state index contributed by atoms with van der Waals surface area (Å²) in [7, 11) is 0. The van der Waals surface area contributed by atoms with E-state index in [-0.39, 0.29) is 15.1 Å². The van der Waals surface area contributed by atoms with E-state index in [9.17, 15) is 0 Å². The molecule has 0 aliphatic rings. The maximum Gasteiger partial charge on any atom is 0.106 e. The Bertz CT molecular complexity index is 176. The van der Waals surface area contributed by atoms with E-state index >= 15 is 0 Å². The second kappa shape index (κ2) is 6.40. The Hall–Kier alpha value is 0.650. The fraction of sp³-hybridized carbons (Fsp3) is 1.00. The molecule has 0 saturated heterocycles. The molecule has 2 nitrogen and oxygen atoms in total. The molecular formula is C12H25IO2. The van der Waals surface area contributed by atoms with Gasteiger partial charge in [0.05, 0.1) is 18.8 Å². The zero-order valence-corrected chi connectivity index (χ0v) is 13.1. The number of hydrogen-bond acceptors (Lipinski definition) is 2. The van der Waals surface area contributed by atoms with Gasteiger partial charge in [0.15, 0.2) is 0 Å². The van der Waals surface area contributed by atoms with Crippen molar-refractivity contribution < 1.29 is 9.47 Å². The van der Waals surface area contributed by atoms with E-state index in [0.717, 1.165) is 19.6 Å². The largest absolute Gasteiger partial charge is 0.375 e. The van der Waals surface area contributed by atoms with Crippen LogP contribution in [0.5, 0.6) is 0 Å². The van der Waals surface area contributed by atoms with E-state index in [1.165, 1.54) is 0 Å². The summed E-state index contributed by atoms with van der Waals surface area (Å²) < 4.78 is 11.8. The van der Waals surface area contributed by atoms with Crippen molar-refractivity contribution in [2.45, 2.75) is 57.7 Å². The molecule has 0 heterocycles. The fourth-order valence-corrected chi connectivity index (χ4v) is 1.05. The van der Waals surface area contributed by atoms with E-state index < -0.39 is 0 Å². The first-order chi connectivity index (χ1) is 6.68. The minimum absolute atomic E-state index is 0.0206. The number of ether oxygens (including phenoxy) is 2. The van der Waals surface area contributed by atoms with Crippen molar-refractivity contribution in [2.24, 2.45) is 5.41 Å². The maximum absolute atomic E-state index is 5.89. The highest BCUT2D eigenvalue weighted by molar-refractivity contribution is 14.1. The van der Waals surface area contributed by atoms with Crippen molar-refractivity contribution in [3.05, 3.63) is 0 Å². The summed E-state index contributed by atoms with van der Waals surface area (Å²) in [5.74, 6) is 0. The normalized spacial score (nSPS) is 15.4. The van der Waals surface area contributed by atoms with Crippen LogP contribution >= 0.6 is 22.6 Å². The van der Waals surface area contributed by atoms with Gasteiger partial charge in [-0.2, -0.15) is 0 Å². The minimum atomic E-state index is -0.0206. The third kappa shape index (κ3) is 8.46. The smallest absolute Gasteiger partial charge is 0.106 e. The lowest BCUT2D eigenvalue weighted by molar-refractivity contribution is -0.0772. The van der Waals surface area contributed by atoms with Gasteiger partial charge in [-0.25, -0.2) is 0 Å². The minimum Gasteiger partial charge on any atom is -0.375 e. The molecule has 0 aromatic carbocycles. The van der Waals surface area contributed by atoms with E-state index in [1.807, 2.05) is 6.92 Å². The molecule has 0 aliphatic heterocycles. The van der Waals surface area contributed by atoms with Crippen LogP contribution in [0.25, 0.3) is 0 Å². The van der Waals surface area contributed by atoms with Crippen LogP contribution in [0.1, 0.15) is 48.0 Å². The molecule has 0 spiro atoms.